The number of alkyl halides is 3. The van der Waals surface area contributed by atoms with Crippen molar-refractivity contribution in [1.29, 1.82) is 0 Å². The monoisotopic (exact) mass is 389 g/mol. The van der Waals surface area contributed by atoms with Gasteiger partial charge in [-0.15, -0.1) is 10.2 Å². The molecular weight excluding hydrogens is 371 g/mol. The Kier molecular flexibility index (Phi) is 6.83. The van der Waals surface area contributed by atoms with Gasteiger partial charge in [0.1, 0.15) is 0 Å². The number of hydrogen-bond donors (Lipinski definition) is 1. The van der Waals surface area contributed by atoms with Gasteiger partial charge >= 0.3 is 6.18 Å². The van der Waals surface area contributed by atoms with Gasteiger partial charge in [-0.25, -0.2) is 0 Å². The molecule has 1 amide bonds. The molecule has 1 aromatic carbocycles. The Labute approximate surface area is 152 Å². The van der Waals surface area contributed by atoms with Crippen LogP contribution in [0.4, 0.5) is 18.3 Å². The predicted octanol–water partition coefficient (Wildman–Crippen LogP) is 5.22. The third-order valence-electron chi connectivity index (χ3n) is 3.61. The van der Waals surface area contributed by atoms with E-state index < -0.39 is 11.7 Å². The maximum Gasteiger partial charge on any atom is 0.416 e. The van der Waals surface area contributed by atoms with E-state index in [1.165, 1.54) is 29.2 Å². The van der Waals surface area contributed by atoms with Crippen molar-refractivity contribution in [2.75, 3.05) is 5.32 Å². The molecule has 0 saturated carbocycles. The molecular formula is C16H18F3N3OS2. The summed E-state index contributed by atoms with van der Waals surface area (Å²) in [5, 5.41) is 11.0. The van der Waals surface area contributed by atoms with Gasteiger partial charge in [0.15, 0.2) is 4.34 Å². The Morgan fingerprint density at radius 3 is 2.64 bits per heavy atom. The molecule has 4 nitrogen and oxygen atoms in total. The average molecular weight is 389 g/mol. The Morgan fingerprint density at radius 1 is 1.28 bits per heavy atom. The highest BCUT2D eigenvalue weighted by Gasteiger charge is 2.30. The lowest BCUT2D eigenvalue weighted by atomic mass is 10.0. The number of carbonyl (C=O) groups is 1. The van der Waals surface area contributed by atoms with Crippen LogP contribution in [-0.2, 0) is 16.7 Å². The molecule has 1 N–H and O–H groups in total. The summed E-state index contributed by atoms with van der Waals surface area (Å²) in [6.07, 6.45) is -2.85. The van der Waals surface area contributed by atoms with E-state index in [1.807, 2.05) is 13.8 Å². The van der Waals surface area contributed by atoms with Gasteiger partial charge in [-0.1, -0.05) is 55.1 Å². The minimum atomic E-state index is -4.35. The molecule has 0 fully saturated rings. The van der Waals surface area contributed by atoms with Crippen LogP contribution in [0.1, 0.15) is 37.8 Å². The van der Waals surface area contributed by atoms with Crippen LogP contribution < -0.4 is 5.32 Å². The smallest absolute Gasteiger partial charge is 0.300 e. The van der Waals surface area contributed by atoms with E-state index in [2.05, 4.69) is 15.5 Å². The quantitative estimate of drug-likeness (QED) is 0.521. The summed E-state index contributed by atoms with van der Waals surface area (Å²) in [5.74, 6) is 0.194. The Hall–Kier alpha value is -1.61. The van der Waals surface area contributed by atoms with Gasteiger partial charge in [-0.2, -0.15) is 13.2 Å². The first-order chi connectivity index (χ1) is 11.8. The molecule has 0 radical (unpaired) electrons. The number of aromatic nitrogens is 2. The van der Waals surface area contributed by atoms with Crippen molar-refractivity contribution < 1.29 is 18.0 Å². The lowest BCUT2D eigenvalue weighted by Gasteiger charge is -2.09. The average Bonchev–Trinajstić information content (AvgIpc) is 3.01. The molecule has 0 bridgehead atoms. The standard InChI is InChI=1S/C16H18F3N3OS2/c1-3-11(4-2)13(23)20-14-21-22-15(25-14)24-9-10-6-5-7-12(8-10)16(17,18)19/h5-8,11H,3-4,9H2,1-2H3,(H,20,21,23). The van der Waals surface area contributed by atoms with Crippen LogP contribution in [0.5, 0.6) is 0 Å². The number of carbonyl (C=O) groups excluding carboxylic acids is 1. The molecule has 25 heavy (non-hydrogen) atoms. The summed E-state index contributed by atoms with van der Waals surface area (Å²) >= 11 is 2.50. The maximum atomic E-state index is 12.7. The first-order valence-corrected chi connectivity index (χ1v) is 9.57. The highest BCUT2D eigenvalue weighted by molar-refractivity contribution is 8.00. The summed E-state index contributed by atoms with van der Waals surface area (Å²) in [4.78, 5) is 12.0. The number of thioether (sulfide) groups is 1. The zero-order valence-corrected chi connectivity index (χ0v) is 15.4. The number of benzene rings is 1. The normalized spacial score (nSPS) is 11.8. The summed E-state index contributed by atoms with van der Waals surface area (Å²) in [7, 11) is 0. The third kappa shape index (κ3) is 5.71. The van der Waals surface area contributed by atoms with Crippen molar-refractivity contribution in [2.45, 2.75) is 43.0 Å². The van der Waals surface area contributed by atoms with Gasteiger partial charge in [0.25, 0.3) is 0 Å². The molecule has 1 heterocycles. The maximum absolute atomic E-state index is 12.7. The van der Waals surface area contributed by atoms with Crippen molar-refractivity contribution in [3.63, 3.8) is 0 Å². The number of amides is 1. The van der Waals surface area contributed by atoms with Crippen LogP contribution in [-0.4, -0.2) is 16.1 Å². The number of halogens is 3. The van der Waals surface area contributed by atoms with E-state index in [0.29, 0.717) is 20.8 Å². The highest BCUT2D eigenvalue weighted by Crippen LogP contribution is 2.32. The lowest BCUT2D eigenvalue weighted by molar-refractivity contribution is -0.137. The third-order valence-corrected chi connectivity index (χ3v) is 5.65. The molecule has 0 spiro atoms. The molecule has 0 aliphatic heterocycles. The van der Waals surface area contributed by atoms with Crippen LogP contribution in [0.25, 0.3) is 0 Å². The van der Waals surface area contributed by atoms with Gasteiger partial charge < -0.3 is 5.32 Å². The van der Waals surface area contributed by atoms with Gasteiger partial charge in [0.05, 0.1) is 5.56 Å². The topological polar surface area (TPSA) is 54.9 Å². The number of nitrogens with zero attached hydrogens (tertiary/aromatic N) is 2. The molecule has 0 saturated heterocycles. The minimum absolute atomic E-state index is 0.0647. The fourth-order valence-electron chi connectivity index (χ4n) is 2.17. The minimum Gasteiger partial charge on any atom is -0.300 e. The van der Waals surface area contributed by atoms with E-state index in [4.69, 9.17) is 0 Å². The first kappa shape index (κ1) is 19.7. The zero-order chi connectivity index (χ0) is 18.4. The van der Waals surface area contributed by atoms with Gasteiger partial charge in [-0.3, -0.25) is 4.79 Å². The second-order valence-electron chi connectivity index (χ2n) is 5.36. The van der Waals surface area contributed by atoms with Gasteiger partial charge in [0, 0.05) is 11.7 Å². The number of nitrogens with one attached hydrogen (secondary N) is 1. The summed E-state index contributed by atoms with van der Waals surface area (Å²) in [6, 6.07) is 5.20. The number of anilines is 1. The molecule has 136 valence electrons. The molecule has 0 unspecified atom stereocenters. The van der Waals surface area contributed by atoms with Gasteiger partial charge in [0.2, 0.25) is 11.0 Å². The summed E-state index contributed by atoms with van der Waals surface area (Å²) in [5.41, 5.74) is -0.112. The second-order valence-corrected chi connectivity index (χ2v) is 7.56. The van der Waals surface area contributed by atoms with E-state index >= 15 is 0 Å². The van der Waals surface area contributed by atoms with Gasteiger partial charge in [-0.05, 0) is 24.5 Å². The zero-order valence-electron chi connectivity index (χ0n) is 13.8. The summed E-state index contributed by atoms with van der Waals surface area (Å²) in [6.45, 7) is 3.90. The van der Waals surface area contributed by atoms with E-state index in [1.54, 1.807) is 6.07 Å². The van der Waals surface area contributed by atoms with Crippen molar-refractivity contribution in [3.05, 3.63) is 35.4 Å². The van der Waals surface area contributed by atoms with Crippen molar-refractivity contribution >= 4 is 34.1 Å². The van der Waals surface area contributed by atoms with Crippen LogP contribution in [0.2, 0.25) is 0 Å². The van der Waals surface area contributed by atoms with Crippen LogP contribution >= 0.6 is 23.1 Å². The fourth-order valence-corrected chi connectivity index (χ4v) is 3.87. The fraction of sp³-hybridized carbons (Fsp3) is 0.438. The molecule has 2 rings (SSSR count). The van der Waals surface area contributed by atoms with Crippen LogP contribution in [0.15, 0.2) is 28.6 Å². The predicted molar refractivity (Wildman–Crippen MR) is 93.6 cm³/mol. The van der Waals surface area contributed by atoms with E-state index in [-0.39, 0.29) is 11.8 Å². The molecule has 1 aromatic heterocycles. The Morgan fingerprint density at radius 2 is 2.00 bits per heavy atom. The van der Waals surface area contributed by atoms with Crippen molar-refractivity contribution in [3.8, 4) is 0 Å². The number of hydrogen-bond acceptors (Lipinski definition) is 5. The Bertz CT molecular complexity index is 715. The van der Waals surface area contributed by atoms with E-state index in [0.717, 1.165) is 25.0 Å². The highest BCUT2D eigenvalue weighted by atomic mass is 32.2. The molecule has 0 atom stereocenters. The molecule has 0 aliphatic carbocycles. The van der Waals surface area contributed by atoms with E-state index in [9.17, 15) is 18.0 Å². The second kappa shape index (κ2) is 8.66. The largest absolute Gasteiger partial charge is 0.416 e. The first-order valence-electron chi connectivity index (χ1n) is 7.76. The summed E-state index contributed by atoms with van der Waals surface area (Å²) < 4.78 is 38.7. The van der Waals surface area contributed by atoms with Crippen LogP contribution in [0.3, 0.4) is 0 Å². The molecule has 2 aromatic rings. The molecule has 9 heteroatoms. The number of rotatable bonds is 7. The SMILES string of the molecule is CCC(CC)C(=O)Nc1nnc(SCc2cccc(C(F)(F)F)c2)s1. The lowest BCUT2D eigenvalue weighted by Crippen LogP contribution is -2.21. The van der Waals surface area contributed by atoms with Crippen LogP contribution in [0, 0.1) is 5.92 Å². The van der Waals surface area contributed by atoms with Crippen molar-refractivity contribution in [2.24, 2.45) is 5.92 Å². The molecule has 0 aliphatic rings. The van der Waals surface area contributed by atoms with Crippen molar-refractivity contribution in [1.82, 2.24) is 10.2 Å². The Balaban J connectivity index is 1.95.